The smallest absolute Gasteiger partial charge is 0.226 e. The summed E-state index contributed by atoms with van der Waals surface area (Å²) in [5.74, 6) is 1.46. The van der Waals surface area contributed by atoms with Gasteiger partial charge in [0.25, 0.3) is 0 Å². The minimum atomic E-state index is 0.398. The minimum Gasteiger partial charge on any atom is -0.367 e. The Morgan fingerprint density at radius 1 is 1.37 bits per heavy atom. The molecule has 0 aromatic carbocycles. The number of imidazole rings is 1. The van der Waals surface area contributed by atoms with Gasteiger partial charge in [-0.2, -0.15) is 21.7 Å². The molecule has 102 valence electrons. The molecule has 0 saturated heterocycles. The number of anilines is 2. The second-order valence-corrected chi connectivity index (χ2v) is 6.04. The van der Waals surface area contributed by atoms with E-state index in [0.717, 1.165) is 24.4 Å². The van der Waals surface area contributed by atoms with Crippen molar-refractivity contribution in [3.8, 4) is 0 Å². The summed E-state index contributed by atoms with van der Waals surface area (Å²) < 4.78 is 0.398. The zero-order chi connectivity index (χ0) is 13.3. The van der Waals surface area contributed by atoms with Crippen LogP contribution in [0.2, 0.25) is 0 Å². The molecule has 1 aliphatic carbocycles. The average molecular weight is 278 g/mol. The summed E-state index contributed by atoms with van der Waals surface area (Å²) in [7, 11) is 0. The second kappa shape index (κ2) is 4.88. The molecule has 2 aromatic heterocycles. The molecular weight excluding hydrogens is 260 g/mol. The van der Waals surface area contributed by atoms with Gasteiger partial charge in [-0.05, 0) is 26.0 Å². The summed E-state index contributed by atoms with van der Waals surface area (Å²) in [6.07, 6.45) is 6.38. The zero-order valence-electron chi connectivity index (χ0n) is 11.2. The lowest BCUT2D eigenvalue weighted by molar-refractivity contribution is 0.939. The first kappa shape index (κ1) is 12.5. The number of aromatic amines is 1. The van der Waals surface area contributed by atoms with Gasteiger partial charge in [0.05, 0.1) is 6.33 Å². The summed E-state index contributed by atoms with van der Waals surface area (Å²) in [4.78, 5) is 16.2. The maximum absolute atomic E-state index is 4.51. The second-order valence-electron chi connectivity index (χ2n) is 4.77. The van der Waals surface area contributed by atoms with E-state index < -0.39 is 0 Å². The molecule has 0 unspecified atom stereocenters. The number of thioether (sulfide) groups is 1. The van der Waals surface area contributed by atoms with Crippen molar-refractivity contribution in [3.05, 3.63) is 6.33 Å². The summed E-state index contributed by atoms with van der Waals surface area (Å²) in [6, 6.07) is 0. The molecule has 0 bridgehead atoms. The number of H-pyrrole nitrogens is 1. The first-order valence-electron chi connectivity index (χ1n) is 6.50. The quantitative estimate of drug-likeness (QED) is 0.751. The highest BCUT2D eigenvalue weighted by atomic mass is 32.2. The van der Waals surface area contributed by atoms with Crippen LogP contribution in [0.5, 0.6) is 0 Å². The summed E-state index contributed by atoms with van der Waals surface area (Å²) in [5, 5.41) is 6.58. The highest BCUT2D eigenvalue weighted by Gasteiger charge is 2.41. The van der Waals surface area contributed by atoms with E-state index in [1.807, 2.05) is 18.7 Å². The van der Waals surface area contributed by atoms with Gasteiger partial charge in [-0.1, -0.05) is 0 Å². The molecule has 0 spiro atoms. The van der Waals surface area contributed by atoms with Crippen LogP contribution in [0, 0.1) is 0 Å². The lowest BCUT2D eigenvalue weighted by Crippen LogP contribution is -2.18. The van der Waals surface area contributed by atoms with Gasteiger partial charge in [0.1, 0.15) is 5.52 Å². The van der Waals surface area contributed by atoms with Gasteiger partial charge in [0.15, 0.2) is 11.5 Å². The van der Waals surface area contributed by atoms with Crippen LogP contribution in [0.25, 0.3) is 11.2 Å². The number of hydrogen-bond donors (Lipinski definition) is 3. The van der Waals surface area contributed by atoms with Crippen molar-refractivity contribution in [2.45, 2.75) is 24.5 Å². The Morgan fingerprint density at radius 3 is 2.89 bits per heavy atom. The van der Waals surface area contributed by atoms with E-state index in [1.54, 1.807) is 6.33 Å². The van der Waals surface area contributed by atoms with E-state index in [2.05, 4.69) is 36.8 Å². The fourth-order valence-electron chi connectivity index (χ4n) is 2.04. The summed E-state index contributed by atoms with van der Waals surface area (Å²) in [5.41, 5.74) is 1.57. The molecule has 3 N–H and O–H groups in total. The largest absolute Gasteiger partial charge is 0.367 e. The minimum absolute atomic E-state index is 0.398. The van der Waals surface area contributed by atoms with Crippen LogP contribution < -0.4 is 10.6 Å². The van der Waals surface area contributed by atoms with Crippen molar-refractivity contribution in [1.82, 2.24) is 19.9 Å². The third-order valence-electron chi connectivity index (χ3n) is 3.44. The fourth-order valence-corrected chi connectivity index (χ4v) is 2.76. The van der Waals surface area contributed by atoms with E-state index in [4.69, 9.17) is 0 Å². The van der Waals surface area contributed by atoms with Gasteiger partial charge in [0, 0.05) is 17.8 Å². The number of fused-ring (bicyclic) bond motifs is 1. The number of nitrogens with zero attached hydrogens (tertiary/aromatic N) is 3. The third kappa shape index (κ3) is 2.47. The first-order valence-corrected chi connectivity index (χ1v) is 7.73. The highest BCUT2D eigenvalue weighted by Crippen LogP contribution is 2.47. The fraction of sp³-hybridized carbons (Fsp3) is 0.583. The van der Waals surface area contributed by atoms with Crippen molar-refractivity contribution in [2.75, 3.05) is 30.0 Å². The van der Waals surface area contributed by atoms with Gasteiger partial charge >= 0.3 is 0 Å². The van der Waals surface area contributed by atoms with E-state index in [-0.39, 0.29) is 0 Å². The van der Waals surface area contributed by atoms with Crippen LogP contribution in [0.3, 0.4) is 0 Å². The van der Waals surface area contributed by atoms with E-state index in [9.17, 15) is 0 Å². The number of aromatic nitrogens is 4. The molecular formula is C12H18N6S. The topological polar surface area (TPSA) is 78.5 Å². The predicted molar refractivity (Wildman–Crippen MR) is 79.8 cm³/mol. The maximum atomic E-state index is 4.51. The summed E-state index contributed by atoms with van der Waals surface area (Å²) >= 11 is 1.93. The van der Waals surface area contributed by atoms with Gasteiger partial charge in [0.2, 0.25) is 5.95 Å². The van der Waals surface area contributed by atoms with Crippen LogP contribution in [0.4, 0.5) is 11.8 Å². The molecule has 0 radical (unpaired) electrons. The standard InChI is InChI=1S/C12H18N6S/c1-3-13-11-17-9(8-10(18-11)16-7-15-8)14-6-12(19-2)4-5-12/h7H,3-6H2,1-2H3,(H3,13,14,15,16,17,18). The maximum Gasteiger partial charge on any atom is 0.226 e. The number of hydrogen-bond acceptors (Lipinski definition) is 6. The Labute approximate surface area is 116 Å². The van der Waals surface area contributed by atoms with Crippen LogP contribution in [-0.2, 0) is 0 Å². The van der Waals surface area contributed by atoms with Crippen LogP contribution in [0.15, 0.2) is 6.33 Å². The van der Waals surface area contributed by atoms with Crippen molar-refractivity contribution in [1.29, 1.82) is 0 Å². The van der Waals surface area contributed by atoms with Gasteiger partial charge in [-0.25, -0.2) is 4.98 Å². The number of nitrogens with one attached hydrogen (secondary N) is 3. The molecule has 1 saturated carbocycles. The van der Waals surface area contributed by atoms with Crippen LogP contribution >= 0.6 is 11.8 Å². The first-order chi connectivity index (χ1) is 9.26. The van der Waals surface area contributed by atoms with Crippen molar-refractivity contribution in [3.63, 3.8) is 0 Å². The molecule has 2 heterocycles. The van der Waals surface area contributed by atoms with Gasteiger partial charge in [-0.3, -0.25) is 0 Å². The Morgan fingerprint density at radius 2 is 2.21 bits per heavy atom. The molecule has 19 heavy (non-hydrogen) atoms. The van der Waals surface area contributed by atoms with Gasteiger partial charge < -0.3 is 15.6 Å². The van der Waals surface area contributed by atoms with Crippen molar-refractivity contribution in [2.24, 2.45) is 0 Å². The van der Waals surface area contributed by atoms with Crippen molar-refractivity contribution >= 4 is 34.7 Å². The van der Waals surface area contributed by atoms with Gasteiger partial charge in [-0.15, -0.1) is 0 Å². The average Bonchev–Trinajstić information content (AvgIpc) is 3.05. The molecule has 0 atom stereocenters. The number of rotatable bonds is 6. The third-order valence-corrected chi connectivity index (χ3v) is 4.86. The monoisotopic (exact) mass is 278 g/mol. The van der Waals surface area contributed by atoms with Crippen LogP contribution in [0.1, 0.15) is 19.8 Å². The lowest BCUT2D eigenvalue weighted by Gasteiger charge is -2.14. The molecule has 6 nitrogen and oxygen atoms in total. The Hall–Kier alpha value is -1.50. The Balaban J connectivity index is 1.85. The van der Waals surface area contributed by atoms with E-state index >= 15 is 0 Å². The normalized spacial score (nSPS) is 16.5. The van der Waals surface area contributed by atoms with E-state index in [1.165, 1.54) is 12.8 Å². The van der Waals surface area contributed by atoms with Crippen LogP contribution in [-0.4, -0.2) is 44.0 Å². The molecule has 2 aromatic rings. The molecule has 3 rings (SSSR count). The Kier molecular flexibility index (Phi) is 3.22. The van der Waals surface area contributed by atoms with E-state index in [0.29, 0.717) is 16.3 Å². The van der Waals surface area contributed by atoms with Crippen molar-refractivity contribution < 1.29 is 0 Å². The molecule has 1 fully saturated rings. The Bertz CT molecular complexity index is 577. The predicted octanol–water partition coefficient (Wildman–Crippen LogP) is 2.09. The molecule has 0 amide bonds. The summed E-state index contributed by atoms with van der Waals surface area (Å²) in [6.45, 7) is 3.76. The molecule has 0 aliphatic heterocycles. The highest BCUT2D eigenvalue weighted by molar-refractivity contribution is 8.00. The zero-order valence-corrected chi connectivity index (χ0v) is 12.0. The SMILES string of the molecule is CCNc1nc(NCC2(SC)CC2)c2[nH]cnc2n1. The molecule has 7 heteroatoms. The lowest BCUT2D eigenvalue weighted by atomic mass is 10.4. The molecule has 1 aliphatic rings.